The smallest absolute Gasteiger partial charge is 0.399 e. The van der Waals surface area contributed by atoms with Crippen molar-refractivity contribution in [2.75, 3.05) is 7.05 Å². The molecule has 0 aliphatic carbocycles. The van der Waals surface area contributed by atoms with Crippen LogP contribution in [0.1, 0.15) is 44.5 Å². The SMILES string of the molecule is CN1Cc2nn(Cc3cccc(B4OC(C)(C)C(C)(C)O4)c3)c(-c3ccccc3F)c2C1. The van der Waals surface area contributed by atoms with Gasteiger partial charge in [-0.2, -0.15) is 5.10 Å². The lowest BCUT2D eigenvalue weighted by Gasteiger charge is -2.32. The van der Waals surface area contributed by atoms with Crippen molar-refractivity contribution < 1.29 is 13.7 Å². The van der Waals surface area contributed by atoms with Crippen LogP contribution in [0.5, 0.6) is 0 Å². The molecule has 1 fully saturated rings. The van der Waals surface area contributed by atoms with Crippen molar-refractivity contribution in [3.63, 3.8) is 0 Å². The summed E-state index contributed by atoms with van der Waals surface area (Å²) in [7, 11) is 1.65. The normalized spacial score (nSPS) is 19.5. The van der Waals surface area contributed by atoms with E-state index in [2.05, 4.69) is 51.8 Å². The van der Waals surface area contributed by atoms with Gasteiger partial charge in [0, 0.05) is 24.2 Å². The Morgan fingerprint density at radius 3 is 2.44 bits per heavy atom. The number of nitrogens with zero attached hydrogens (tertiary/aromatic N) is 3. The van der Waals surface area contributed by atoms with E-state index >= 15 is 0 Å². The third-order valence-corrected chi connectivity index (χ3v) is 6.92. The largest absolute Gasteiger partial charge is 0.494 e. The van der Waals surface area contributed by atoms with Gasteiger partial charge in [0.1, 0.15) is 5.82 Å². The second kappa shape index (κ2) is 7.54. The number of benzene rings is 2. The van der Waals surface area contributed by atoms with Crippen molar-refractivity contribution >= 4 is 12.6 Å². The van der Waals surface area contributed by atoms with Crippen LogP contribution in [0.25, 0.3) is 11.3 Å². The van der Waals surface area contributed by atoms with Crippen molar-refractivity contribution in [1.29, 1.82) is 0 Å². The van der Waals surface area contributed by atoms with E-state index in [1.165, 1.54) is 6.07 Å². The van der Waals surface area contributed by atoms with E-state index in [1.807, 2.05) is 28.9 Å². The number of hydrogen-bond acceptors (Lipinski definition) is 4. The zero-order chi connectivity index (χ0) is 22.7. The molecule has 0 amide bonds. The summed E-state index contributed by atoms with van der Waals surface area (Å²) in [5.74, 6) is -0.225. The third kappa shape index (κ3) is 3.58. The van der Waals surface area contributed by atoms with Crippen LogP contribution < -0.4 is 5.46 Å². The van der Waals surface area contributed by atoms with Gasteiger partial charge in [0.15, 0.2) is 0 Å². The summed E-state index contributed by atoms with van der Waals surface area (Å²) in [4.78, 5) is 2.20. The molecule has 0 saturated carbocycles. The molecular weight excluding hydrogens is 404 g/mol. The van der Waals surface area contributed by atoms with Gasteiger partial charge >= 0.3 is 7.12 Å². The third-order valence-electron chi connectivity index (χ3n) is 6.92. The maximum atomic E-state index is 14.8. The lowest BCUT2D eigenvalue weighted by molar-refractivity contribution is 0.00578. The molecule has 166 valence electrons. The van der Waals surface area contributed by atoms with E-state index in [4.69, 9.17) is 14.4 Å². The molecule has 2 aromatic carbocycles. The summed E-state index contributed by atoms with van der Waals surface area (Å²) in [6.45, 7) is 10.3. The molecule has 2 aliphatic heterocycles. The molecule has 0 bridgehead atoms. The Bertz CT molecular complexity index is 1160. The lowest BCUT2D eigenvalue weighted by atomic mass is 9.78. The van der Waals surface area contributed by atoms with Gasteiger partial charge in [0.2, 0.25) is 0 Å². The Morgan fingerprint density at radius 2 is 1.72 bits per heavy atom. The molecule has 0 atom stereocenters. The van der Waals surface area contributed by atoms with Gasteiger partial charge in [0.25, 0.3) is 0 Å². The minimum atomic E-state index is -0.415. The molecule has 0 spiro atoms. The zero-order valence-electron chi connectivity index (χ0n) is 19.4. The second-order valence-corrected chi connectivity index (χ2v) is 9.92. The van der Waals surface area contributed by atoms with Gasteiger partial charge in [-0.3, -0.25) is 9.58 Å². The number of halogens is 1. The van der Waals surface area contributed by atoms with Crippen molar-refractivity contribution in [2.45, 2.75) is 58.5 Å². The van der Waals surface area contributed by atoms with Crippen molar-refractivity contribution in [1.82, 2.24) is 14.7 Å². The summed E-state index contributed by atoms with van der Waals surface area (Å²) in [6, 6.07) is 15.2. The first-order chi connectivity index (χ1) is 15.1. The molecule has 2 aliphatic rings. The summed E-state index contributed by atoms with van der Waals surface area (Å²) in [5, 5.41) is 4.87. The molecule has 1 saturated heterocycles. The number of aromatic nitrogens is 2. The molecule has 3 aromatic rings. The highest BCUT2D eigenvalue weighted by Crippen LogP contribution is 2.37. The highest BCUT2D eigenvalue weighted by Gasteiger charge is 2.51. The average Bonchev–Trinajstić information content (AvgIpc) is 3.30. The van der Waals surface area contributed by atoms with Gasteiger partial charge in [0.05, 0.1) is 29.1 Å². The Morgan fingerprint density at radius 1 is 1.00 bits per heavy atom. The van der Waals surface area contributed by atoms with Crippen molar-refractivity contribution in [3.8, 4) is 11.3 Å². The molecule has 0 radical (unpaired) electrons. The van der Waals surface area contributed by atoms with Crippen LogP contribution in [-0.2, 0) is 28.9 Å². The van der Waals surface area contributed by atoms with E-state index in [1.54, 1.807) is 6.07 Å². The molecule has 3 heterocycles. The van der Waals surface area contributed by atoms with Crippen LogP contribution in [0.2, 0.25) is 0 Å². The Labute approximate surface area is 189 Å². The van der Waals surface area contributed by atoms with Crippen LogP contribution in [0.4, 0.5) is 4.39 Å². The minimum Gasteiger partial charge on any atom is -0.399 e. The highest BCUT2D eigenvalue weighted by molar-refractivity contribution is 6.62. The summed E-state index contributed by atoms with van der Waals surface area (Å²) in [6.07, 6.45) is 0. The predicted molar refractivity (Wildman–Crippen MR) is 124 cm³/mol. The van der Waals surface area contributed by atoms with Gasteiger partial charge < -0.3 is 9.31 Å². The highest BCUT2D eigenvalue weighted by atomic mass is 19.1. The molecule has 0 unspecified atom stereocenters. The topological polar surface area (TPSA) is 39.5 Å². The molecule has 5 rings (SSSR count). The Hall–Kier alpha value is -2.48. The fraction of sp³-hybridized carbons (Fsp3) is 0.400. The number of hydrogen-bond donors (Lipinski definition) is 0. The Balaban J connectivity index is 1.49. The lowest BCUT2D eigenvalue weighted by Crippen LogP contribution is -2.41. The average molecular weight is 433 g/mol. The van der Waals surface area contributed by atoms with E-state index in [-0.39, 0.29) is 17.0 Å². The van der Waals surface area contributed by atoms with Gasteiger partial charge in [-0.25, -0.2) is 4.39 Å². The van der Waals surface area contributed by atoms with Gasteiger partial charge in [-0.15, -0.1) is 0 Å². The van der Waals surface area contributed by atoms with E-state index in [9.17, 15) is 4.39 Å². The van der Waals surface area contributed by atoms with E-state index in [0.29, 0.717) is 12.1 Å². The fourth-order valence-corrected chi connectivity index (χ4v) is 4.48. The molecule has 7 heteroatoms. The Kier molecular flexibility index (Phi) is 5.04. The summed E-state index contributed by atoms with van der Waals surface area (Å²) >= 11 is 0. The molecule has 32 heavy (non-hydrogen) atoms. The molecule has 1 aromatic heterocycles. The predicted octanol–water partition coefficient (Wildman–Crippen LogP) is 3.98. The summed E-state index contributed by atoms with van der Waals surface area (Å²) in [5.41, 5.74) is 4.87. The first-order valence-electron chi connectivity index (χ1n) is 11.1. The van der Waals surface area contributed by atoms with Gasteiger partial charge in [-0.1, -0.05) is 36.4 Å². The van der Waals surface area contributed by atoms with E-state index < -0.39 is 7.12 Å². The quantitative estimate of drug-likeness (QED) is 0.584. The van der Waals surface area contributed by atoms with Crippen LogP contribution >= 0.6 is 0 Å². The molecular formula is C25H29BFN3O2. The molecule has 0 N–H and O–H groups in total. The minimum absolute atomic E-state index is 0.225. The zero-order valence-corrected chi connectivity index (χ0v) is 19.4. The van der Waals surface area contributed by atoms with Crippen molar-refractivity contribution in [3.05, 3.63) is 71.2 Å². The maximum Gasteiger partial charge on any atom is 0.494 e. The fourth-order valence-electron chi connectivity index (χ4n) is 4.48. The number of fused-ring (bicyclic) bond motifs is 1. The number of rotatable bonds is 4. The van der Waals surface area contributed by atoms with E-state index in [0.717, 1.165) is 41.1 Å². The maximum absolute atomic E-state index is 14.8. The standard InChI is InChI=1S/C25H29BFN3O2/c1-24(2)25(3,4)32-26(31-24)18-10-8-9-17(13-18)14-30-23(19-11-6-7-12-21(19)27)20-15-29(5)16-22(20)28-30/h6-13H,14-16H2,1-5H3. The van der Waals surface area contributed by atoms with Crippen molar-refractivity contribution in [2.24, 2.45) is 0 Å². The van der Waals surface area contributed by atoms with Crippen LogP contribution in [-0.4, -0.2) is 40.0 Å². The van der Waals surface area contributed by atoms with Gasteiger partial charge in [-0.05, 0) is 57.9 Å². The van der Waals surface area contributed by atoms with Crippen LogP contribution in [0, 0.1) is 5.82 Å². The second-order valence-electron chi connectivity index (χ2n) is 9.92. The van der Waals surface area contributed by atoms with Crippen LogP contribution in [0.15, 0.2) is 48.5 Å². The van der Waals surface area contributed by atoms with Crippen LogP contribution in [0.3, 0.4) is 0 Å². The monoisotopic (exact) mass is 433 g/mol. The molecule has 5 nitrogen and oxygen atoms in total. The first kappa shape index (κ1) is 21.4. The first-order valence-corrected chi connectivity index (χ1v) is 11.1. The summed E-state index contributed by atoms with van der Waals surface area (Å²) < 4.78 is 29.2.